The van der Waals surface area contributed by atoms with Crippen molar-refractivity contribution in [1.82, 2.24) is 0 Å². The van der Waals surface area contributed by atoms with Gasteiger partial charge in [0, 0.05) is 48.9 Å². The van der Waals surface area contributed by atoms with E-state index in [1.54, 1.807) is 0 Å². The average Bonchev–Trinajstić information content (AvgIpc) is 1.27. The molecule has 0 heterocycles. The van der Waals surface area contributed by atoms with E-state index in [1.807, 2.05) is 0 Å². The molecule has 0 aliphatic rings. The SMILES string of the molecule is CC(=O)CC(C)=O.O.[Ba]. The van der Waals surface area contributed by atoms with Gasteiger partial charge in [0.1, 0.15) is 11.6 Å². The fourth-order valence-electron chi connectivity index (χ4n) is 0.351. The Labute approximate surface area is 94.6 Å². The molecule has 0 fully saturated rings. The van der Waals surface area contributed by atoms with E-state index in [2.05, 4.69) is 0 Å². The minimum atomic E-state index is -0.0625. The Bertz CT molecular complexity index is 88.4. The number of hydrogen-bond donors (Lipinski definition) is 0. The van der Waals surface area contributed by atoms with Crippen molar-refractivity contribution < 1.29 is 15.1 Å². The molecule has 0 saturated carbocycles. The van der Waals surface area contributed by atoms with E-state index in [9.17, 15) is 9.59 Å². The Morgan fingerprint density at radius 3 is 1.33 bits per heavy atom. The molecule has 0 amide bonds. The van der Waals surface area contributed by atoms with Crippen LogP contribution in [-0.4, -0.2) is 65.9 Å². The fraction of sp³-hybridized carbons (Fsp3) is 0.600. The average molecular weight is 255 g/mol. The maximum atomic E-state index is 10.0. The molecule has 0 aromatic heterocycles. The first-order chi connectivity index (χ1) is 3.13. The molecule has 3 nitrogen and oxygen atoms in total. The van der Waals surface area contributed by atoms with Crippen molar-refractivity contribution in [3.8, 4) is 0 Å². The van der Waals surface area contributed by atoms with E-state index in [1.165, 1.54) is 13.8 Å². The van der Waals surface area contributed by atoms with Gasteiger partial charge in [0.2, 0.25) is 0 Å². The molecule has 0 aromatic carbocycles. The Balaban J connectivity index is -0.000000180. The van der Waals surface area contributed by atoms with E-state index in [0.29, 0.717) is 0 Å². The van der Waals surface area contributed by atoms with Gasteiger partial charge in [-0.25, -0.2) is 0 Å². The van der Waals surface area contributed by atoms with Crippen molar-refractivity contribution in [1.29, 1.82) is 0 Å². The normalized spacial score (nSPS) is 6.44. The van der Waals surface area contributed by atoms with Crippen molar-refractivity contribution in [3.05, 3.63) is 0 Å². The van der Waals surface area contributed by atoms with Crippen LogP contribution in [0.3, 0.4) is 0 Å². The summed E-state index contributed by atoms with van der Waals surface area (Å²) in [6.07, 6.45) is 0.0833. The van der Waals surface area contributed by atoms with Gasteiger partial charge in [-0.2, -0.15) is 0 Å². The molecule has 9 heavy (non-hydrogen) atoms. The summed E-state index contributed by atoms with van der Waals surface area (Å²) in [6.45, 7) is 2.81. The van der Waals surface area contributed by atoms with Gasteiger partial charge in [-0.3, -0.25) is 9.59 Å². The van der Waals surface area contributed by atoms with E-state index in [-0.39, 0.29) is 72.3 Å². The van der Waals surface area contributed by atoms with Gasteiger partial charge in [-0.1, -0.05) is 0 Å². The molecule has 2 radical (unpaired) electrons. The molecule has 0 aliphatic carbocycles. The quantitative estimate of drug-likeness (QED) is 0.486. The largest absolute Gasteiger partial charge is 0.412 e. The van der Waals surface area contributed by atoms with Crippen molar-refractivity contribution in [3.63, 3.8) is 0 Å². The zero-order valence-corrected chi connectivity index (χ0v) is 10.2. The molecule has 0 rings (SSSR count). The van der Waals surface area contributed by atoms with E-state index in [4.69, 9.17) is 0 Å². The second kappa shape index (κ2) is 8.87. The summed E-state index contributed by atoms with van der Waals surface area (Å²) in [7, 11) is 0. The molecule has 4 heteroatoms. The van der Waals surface area contributed by atoms with Crippen LogP contribution in [0.15, 0.2) is 0 Å². The van der Waals surface area contributed by atoms with Gasteiger partial charge >= 0.3 is 0 Å². The van der Waals surface area contributed by atoms with E-state index >= 15 is 0 Å². The predicted molar refractivity (Wildman–Crippen MR) is 35.3 cm³/mol. The van der Waals surface area contributed by atoms with Crippen LogP contribution >= 0.6 is 0 Å². The smallest absolute Gasteiger partial charge is 0.137 e. The Morgan fingerprint density at radius 2 is 1.33 bits per heavy atom. The number of carbonyl (C=O) groups excluding carboxylic acids is 2. The summed E-state index contributed by atoms with van der Waals surface area (Å²) < 4.78 is 0. The first kappa shape index (κ1) is 16.5. The molecule has 50 valence electrons. The third kappa shape index (κ3) is 17.7. The Morgan fingerprint density at radius 1 is 1.11 bits per heavy atom. The van der Waals surface area contributed by atoms with Gasteiger partial charge in [0.15, 0.2) is 0 Å². The maximum Gasteiger partial charge on any atom is 0.137 e. The molecule has 0 bridgehead atoms. The summed E-state index contributed by atoms with van der Waals surface area (Å²) in [5.74, 6) is -0.125. The van der Waals surface area contributed by atoms with Crippen LogP contribution in [-0.2, 0) is 9.59 Å². The Hall–Kier alpha value is 0.871. The predicted octanol–water partition coefficient (Wildman–Crippen LogP) is -0.651. The fourth-order valence-corrected chi connectivity index (χ4v) is 0.351. The zero-order chi connectivity index (χ0) is 5.86. The summed E-state index contributed by atoms with van der Waals surface area (Å²) in [4.78, 5) is 20.1. The van der Waals surface area contributed by atoms with Gasteiger partial charge in [0.05, 0.1) is 6.42 Å². The zero-order valence-electron chi connectivity index (χ0n) is 5.73. The topological polar surface area (TPSA) is 65.6 Å². The molecule has 0 spiro atoms. The molecule has 0 unspecified atom stereocenters. The van der Waals surface area contributed by atoms with Gasteiger partial charge in [-0.05, 0) is 13.8 Å². The van der Waals surface area contributed by atoms with Crippen LogP contribution in [0.1, 0.15) is 20.3 Å². The third-order valence-corrected chi connectivity index (χ3v) is 0.498. The minimum Gasteiger partial charge on any atom is -0.412 e. The monoisotopic (exact) mass is 256 g/mol. The van der Waals surface area contributed by atoms with Gasteiger partial charge < -0.3 is 5.48 Å². The summed E-state index contributed by atoms with van der Waals surface area (Å²) in [5.41, 5.74) is 0. The molecular formula is C5H10BaO3. The van der Waals surface area contributed by atoms with Gasteiger partial charge in [-0.15, -0.1) is 0 Å². The van der Waals surface area contributed by atoms with E-state index in [0.717, 1.165) is 0 Å². The van der Waals surface area contributed by atoms with Crippen molar-refractivity contribution in [2.75, 3.05) is 0 Å². The molecule has 0 aromatic rings. The van der Waals surface area contributed by atoms with Gasteiger partial charge in [0.25, 0.3) is 0 Å². The molecule has 2 N–H and O–H groups in total. The molecule has 0 atom stereocenters. The second-order valence-corrected chi connectivity index (χ2v) is 1.58. The minimum absolute atomic E-state index is 0. The van der Waals surface area contributed by atoms with Crippen molar-refractivity contribution in [2.24, 2.45) is 0 Å². The standard InChI is InChI=1S/C5H8O2.Ba.H2O/c1-4(6)3-5(2)7;;/h3H2,1-2H3;;1H2. The van der Waals surface area contributed by atoms with Crippen molar-refractivity contribution in [2.45, 2.75) is 20.3 Å². The van der Waals surface area contributed by atoms with Crippen molar-refractivity contribution >= 4 is 60.4 Å². The van der Waals surface area contributed by atoms with Crippen LogP contribution in [0.2, 0.25) is 0 Å². The number of carbonyl (C=O) groups is 2. The van der Waals surface area contributed by atoms with Crippen LogP contribution in [0.4, 0.5) is 0 Å². The van der Waals surface area contributed by atoms with Crippen LogP contribution in [0.5, 0.6) is 0 Å². The molecule has 0 aliphatic heterocycles. The first-order valence-electron chi connectivity index (χ1n) is 2.12. The Kier molecular flexibility index (Phi) is 16.2. The van der Waals surface area contributed by atoms with Crippen LogP contribution < -0.4 is 0 Å². The van der Waals surface area contributed by atoms with Crippen LogP contribution in [0, 0.1) is 0 Å². The molecular weight excluding hydrogens is 245 g/mol. The number of rotatable bonds is 2. The maximum absolute atomic E-state index is 10.0. The second-order valence-electron chi connectivity index (χ2n) is 1.58. The summed E-state index contributed by atoms with van der Waals surface area (Å²) in [5, 5.41) is 0. The number of hydrogen-bond acceptors (Lipinski definition) is 2. The third-order valence-electron chi connectivity index (χ3n) is 0.498. The van der Waals surface area contributed by atoms with E-state index < -0.39 is 0 Å². The number of ketones is 2. The van der Waals surface area contributed by atoms with Crippen LogP contribution in [0.25, 0.3) is 0 Å². The summed E-state index contributed by atoms with van der Waals surface area (Å²) in [6, 6.07) is 0. The first-order valence-corrected chi connectivity index (χ1v) is 2.12. The molecule has 0 saturated heterocycles. The number of Topliss-reactive ketones (excluding diaryl/α,β-unsaturated/α-hetero) is 2. The summed E-state index contributed by atoms with van der Waals surface area (Å²) >= 11 is 0.